The summed E-state index contributed by atoms with van der Waals surface area (Å²) in [5, 5.41) is 12.6. The monoisotopic (exact) mass is 308 g/mol. The topological polar surface area (TPSA) is 69.6 Å². The van der Waals surface area contributed by atoms with Gasteiger partial charge in [-0.05, 0) is 44.1 Å². The lowest BCUT2D eigenvalue weighted by molar-refractivity contribution is 0.0697. The van der Waals surface area contributed by atoms with Gasteiger partial charge in [-0.1, -0.05) is 6.42 Å². The molecule has 1 saturated carbocycles. The van der Waals surface area contributed by atoms with Crippen molar-refractivity contribution >= 4 is 28.3 Å². The number of hydrogen-bond donors (Lipinski definition) is 2. The number of nitrogens with one attached hydrogen (secondary N) is 1. The number of likely N-dealkylation sites (tertiary alicyclic amines) is 1. The van der Waals surface area contributed by atoms with Gasteiger partial charge in [-0.15, -0.1) is 11.3 Å². The van der Waals surface area contributed by atoms with Crippen LogP contribution in [0.4, 0.5) is 9.80 Å². The van der Waals surface area contributed by atoms with Gasteiger partial charge in [0.2, 0.25) is 0 Å². The van der Waals surface area contributed by atoms with Crippen molar-refractivity contribution in [2.75, 3.05) is 18.4 Å². The second kappa shape index (κ2) is 5.33. The molecule has 3 rings (SSSR count). The Morgan fingerprint density at radius 2 is 1.86 bits per heavy atom. The van der Waals surface area contributed by atoms with E-state index in [1.54, 1.807) is 6.92 Å². The van der Waals surface area contributed by atoms with Crippen LogP contribution in [-0.4, -0.2) is 35.1 Å². The van der Waals surface area contributed by atoms with E-state index in [-0.39, 0.29) is 11.6 Å². The molecule has 2 amide bonds. The minimum absolute atomic E-state index is 0.159. The largest absolute Gasteiger partial charge is 0.478 e. The summed E-state index contributed by atoms with van der Waals surface area (Å²) in [6, 6.07) is -0.159. The summed E-state index contributed by atoms with van der Waals surface area (Å²) < 4.78 is 0. The third kappa shape index (κ3) is 2.52. The molecule has 1 saturated heterocycles. The minimum atomic E-state index is -0.981. The smallest absolute Gasteiger partial charge is 0.338 e. The molecule has 2 fully saturated rings. The number of amides is 2. The molecule has 114 valence electrons. The van der Waals surface area contributed by atoms with Gasteiger partial charge in [0.25, 0.3) is 0 Å². The zero-order valence-electron chi connectivity index (χ0n) is 12.3. The minimum Gasteiger partial charge on any atom is -0.478 e. The molecule has 1 aromatic heterocycles. The predicted octanol–water partition coefficient (Wildman–Crippen LogP) is 3.33. The van der Waals surface area contributed by atoms with Gasteiger partial charge < -0.3 is 10.0 Å². The van der Waals surface area contributed by atoms with Crippen LogP contribution in [0.25, 0.3) is 0 Å². The highest BCUT2D eigenvalue weighted by molar-refractivity contribution is 7.16. The van der Waals surface area contributed by atoms with E-state index in [0.29, 0.717) is 16.8 Å². The van der Waals surface area contributed by atoms with Crippen molar-refractivity contribution < 1.29 is 14.7 Å². The molecule has 2 N–H and O–H groups in total. The molecule has 0 radical (unpaired) electrons. The number of hydrogen-bond acceptors (Lipinski definition) is 3. The summed E-state index contributed by atoms with van der Waals surface area (Å²) in [5.41, 5.74) is 0.964. The van der Waals surface area contributed by atoms with Gasteiger partial charge in [0.05, 0.1) is 5.56 Å². The summed E-state index contributed by atoms with van der Waals surface area (Å²) in [6.07, 6.45) is 3.70. The van der Waals surface area contributed by atoms with E-state index >= 15 is 0 Å². The summed E-state index contributed by atoms with van der Waals surface area (Å²) in [4.78, 5) is 26.5. The van der Waals surface area contributed by atoms with Gasteiger partial charge in [0.1, 0.15) is 5.00 Å². The highest BCUT2D eigenvalue weighted by Crippen LogP contribution is 2.38. The Hall–Kier alpha value is -1.56. The molecule has 1 aliphatic carbocycles. The highest BCUT2D eigenvalue weighted by Gasteiger charge is 2.38. The number of anilines is 1. The fourth-order valence-electron chi connectivity index (χ4n) is 3.55. The average molecular weight is 308 g/mol. The van der Waals surface area contributed by atoms with E-state index in [9.17, 15) is 14.7 Å². The molecular weight excluding hydrogens is 288 g/mol. The van der Waals surface area contributed by atoms with Gasteiger partial charge in [-0.25, -0.2) is 9.59 Å². The van der Waals surface area contributed by atoms with E-state index in [0.717, 1.165) is 23.5 Å². The first-order valence-corrected chi connectivity index (χ1v) is 8.18. The zero-order valence-corrected chi connectivity index (χ0v) is 13.1. The van der Waals surface area contributed by atoms with Crippen LogP contribution in [0.1, 0.15) is 40.1 Å². The van der Waals surface area contributed by atoms with Crippen LogP contribution in [0.2, 0.25) is 0 Å². The first-order chi connectivity index (χ1) is 9.97. The normalized spacial score (nSPS) is 24.2. The molecular formula is C15H20N2O3S. The molecule has 2 unspecified atom stereocenters. The molecule has 2 heterocycles. The van der Waals surface area contributed by atoms with Crippen molar-refractivity contribution in [2.45, 2.75) is 33.1 Å². The van der Waals surface area contributed by atoms with Gasteiger partial charge >= 0.3 is 12.0 Å². The summed E-state index contributed by atoms with van der Waals surface area (Å²) in [5.74, 6) is 0.299. The van der Waals surface area contributed by atoms with Crippen molar-refractivity contribution in [1.82, 2.24) is 4.90 Å². The Balaban J connectivity index is 1.74. The number of aryl methyl sites for hydroxylation is 1. The van der Waals surface area contributed by atoms with Crippen molar-refractivity contribution in [3.8, 4) is 0 Å². The average Bonchev–Trinajstić information content (AvgIpc) is 3.03. The molecule has 1 aliphatic heterocycles. The molecule has 5 nitrogen and oxygen atoms in total. The number of urea groups is 1. The maximum absolute atomic E-state index is 12.4. The molecule has 6 heteroatoms. The lowest BCUT2D eigenvalue weighted by Gasteiger charge is -2.17. The van der Waals surface area contributed by atoms with Crippen LogP contribution in [0.15, 0.2) is 0 Å². The van der Waals surface area contributed by atoms with Crippen LogP contribution in [0.5, 0.6) is 0 Å². The van der Waals surface area contributed by atoms with E-state index in [1.165, 1.54) is 30.6 Å². The van der Waals surface area contributed by atoms with Crippen molar-refractivity contribution in [1.29, 1.82) is 0 Å². The van der Waals surface area contributed by atoms with E-state index in [4.69, 9.17) is 0 Å². The van der Waals surface area contributed by atoms with Crippen molar-refractivity contribution in [2.24, 2.45) is 11.8 Å². The molecule has 0 aromatic carbocycles. The van der Waals surface area contributed by atoms with Gasteiger partial charge in [-0.3, -0.25) is 5.32 Å². The quantitative estimate of drug-likeness (QED) is 0.880. The molecule has 0 spiro atoms. The molecule has 21 heavy (non-hydrogen) atoms. The zero-order chi connectivity index (χ0) is 15.1. The van der Waals surface area contributed by atoms with Crippen LogP contribution in [0, 0.1) is 25.7 Å². The van der Waals surface area contributed by atoms with E-state index < -0.39 is 5.97 Å². The highest BCUT2D eigenvalue weighted by atomic mass is 32.1. The van der Waals surface area contributed by atoms with Crippen molar-refractivity contribution in [3.05, 3.63) is 16.0 Å². The van der Waals surface area contributed by atoms with Crippen LogP contribution >= 0.6 is 11.3 Å². The predicted molar refractivity (Wildman–Crippen MR) is 82.2 cm³/mol. The number of fused-ring (bicyclic) bond motifs is 1. The Kier molecular flexibility index (Phi) is 3.65. The third-order valence-corrected chi connectivity index (χ3v) is 5.96. The van der Waals surface area contributed by atoms with Crippen LogP contribution in [-0.2, 0) is 0 Å². The van der Waals surface area contributed by atoms with Gasteiger partial charge in [0.15, 0.2) is 0 Å². The number of carboxylic acid groups (broad SMARTS) is 1. The number of thiophene rings is 1. The van der Waals surface area contributed by atoms with E-state index in [2.05, 4.69) is 5.32 Å². The van der Waals surface area contributed by atoms with Crippen LogP contribution < -0.4 is 5.32 Å². The number of rotatable bonds is 2. The maximum Gasteiger partial charge on any atom is 0.338 e. The summed E-state index contributed by atoms with van der Waals surface area (Å²) >= 11 is 1.34. The number of carboxylic acids is 1. The number of aromatic carboxylic acids is 1. The SMILES string of the molecule is Cc1sc(NC(=O)N2CC3CCCC3C2)c(C(=O)O)c1C. The molecule has 0 bridgehead atoms. The molecule has 1 aromatic rings. The second-order valence-electron chi connectivity index (χ2n) is 6.08. The third-order valence-electron chi connectivity index (χ3n) is 4.83. The Labute approximate surface area is 128 Å². The van der Waals surface area contributed by atoms with Crippen LogP contribution in [0.3, 0.4) is 0 Å². The number of nitrogens with zero attached hydrogens (tertiary/aromatic N) is 1. The fraction of sp³-hybridized carbons (Fsp3) is 0.600. The second-order valence-corrected chi connectivity index (χ2v) is 7.30. The Bertz CT molecular complexity index is 584. The van der Waals surface area contributed by atoms with Gasteiger partial charge in [0, 0.05) is 18.0 Å². The molecule has 2 aliphatic rings. The van der Waals surface area contributed by atoms with Gasteiger partial charge in [-0.2, -0.15) is 0 Å². The first kappa shape index (κ1) is 14.4. The maximum atomic E-state index is 12.4. The first-order valence-electron chi connectivity index (χ1n) is 7.36. The fourth-order valence-corrected chi connectivity index (χ4v) is 4.59. The number of carbonyl (C=O) groups is 2. The Morgan fingerprint density at radius 3 is 2.43 bits per heavy atom. The lowest BCUT2D eigenvalue weighted by Crippen LogP contribution is -2.33. The lowest BCUT2D eigenvalue weighted by atomic mass is 10.0. The molecule has 2 atom stereocenters. The number of carbonyl (C=O) groups excluding carboxylic acids is 1. The summed E-state index contributed by atoms with van der Waals surface area (Å²) in [7, 11) is 0. The standard InChI is InChI=1S/C15H20N2O3S/c1-8-9(2)21-13(12(8)14(18)19)16-15(20)17-6-10-4-3-5-11(10)7-17/h10-11H,3-7H2,1-2H3,(H,16,20)(H,18,19). The van der Waals surface area contributed by atoms with Crippen molar-refractivity contribution in [3.63, 3.8) is 0 Å². The summed E-state index contributed by atoms with van der Waals surface area (Å²) in [6.45, 7) is 5.28. The Morgan fingerprint density at radius 1 is 1.24 bits per heavy atom. The van der Waals surface area contributed by atoms with E-state index in [1.807, 2.05) is 11.8 Å².